The van der Waals surface area contributed by atoms with E-state index in [4.69, 9.17) is 5.11 Å². The standard InChI is InChI=1S/C11H16O2/c1-8-6-10(4-3-5-12)7-9(2)11(8)13/h6-7,12-13H,3-5H2,1-2H3. The van der Waals surface area contributed by atoms with Gasteiger partial charge in [-0.25, -0.2) is 0 Å². The molecule has 0 aliphatic rings. The van der Waals surface area contributed by atoms with Crippen molar-refractivity contribution in [2.75, 3.05) is 6.61 Å². The predicted molar refractivity (Wildman–Crippen MR) is 53.0 cm³/mol. The zero-order valence-electron chi connectivity index (χ0n) is 8.17. The van der Waals surface area contributed by atoms with Crippen molar-refractivity contribution in [1.29, 1.82) is 0 Å². The lowest BCUT2D eigenvalue weighted by Crippen LogP contribution is -1.92. The quantitative estimate of drug-likeness (QED) is 0.746. The molecule has 0 saturated carbocycles. The van der Waals surface area contributed by atoms with E-state index in [-0.39, 0.29) is 6.61 Å². The van der Waals surface area contributed by atoms with Gasteiger partial charge in [0.15, 0.2) is 0 Å². The van der Waals surface area contributed by atoms with Gasteiger partial charge in [0, 0.05) is 6.61 Å². The molecular formula is C11H16O2. The Hall–Kier alpha value is -1.02. The van der Waals surface area contributed by atoms with E-state index in [9.17, 15) is 5.11 Å². The largest absolute Gasteiger partial charge is 0.507 e. The van der Waals surface area contributed by atoms with Gasteiger partial charge in [-0.05, 0) is 43.4 Å². The number of aliphatic hydroxyl groups excluding tert-OH is 1. The summed E-state index contributed by atoms with van der Waals surface area (Å²) in [7, 11) is 0. The molecule has 2 heteroatoms. The second kappa shape index (κ2) is 4.28. The summed E-state index contributed by atoms with van der Waals surface area (Å²) in [6.07, 6.45) is 1.65. The van der Waals surface area contributed by atoms with E-state index in [0.29, 0.717) is 5.75 Å². The van der Waals surface area contributed by atoms with Crippen LogP contribution in [0.3, 0.4) is 0 Å². The minimum absolute atomic E-state index is 0.221. The van der Waals surface area contributed by atoms with E-state index in [1.807, 2.05) is 26.0 Å². The number of hydrogen-bond acceptors (Lipinski definition) is 2. The highest BCUT2D eigenvalue weighted by molar-refractivity contribution is 5.42. The monoisotopic (exact) mass is 180 g/mol. The Morgan fingerprint density at radius 3 is 2.15 bits per heavy atom. The highest BCUT2D eigenvalue weighted by Crippen LogP contribution is 2.23. The molecule has 1 aromatic rings. The number of hydrogen-bond donors (Lipinski definition) is 2. The average molecular weight is 180 g/mol. The number of rotatable bonds is 3. The van der Waals surface area contributed by atoms with Crippen LogP contribution in [0.15, 0.2) is 12.1 Å². The van der Waals surface area contributed by atoms with Crippen molar-refractivity contribution in [2.45, 2.75) is 26.7 Å². The van der Waals surface area contributed by atoms with Crippen LogP contribution in [-0.2, 0) is 6.42 Å². The topological polar surface area (TPSA) is 40.5 Å². The third kappa shape index (κ3) is 2.46. The Balaban J connectivity index is 2.86. The summed E-state index contributed by atoms with van der Waals surface area (Å²) in [4.78, 5) is 0. The highest BCUT2D eigenvalue weighted by Gasteiger charge is 2.02. The zero-order valence-corrected chi connectivity index (χ0v) is 8.17. The Labute approximate surface area is 78.8 Å². The first-order valence-electron chi connectivity index (χ1n) is 4.55. The molecular weight excluding hydrogens is 164 g/mol. The molecule has 72 valence electrons. The number of aliphatic hydroxyl groups is 1. The maximum atomic E-state index is 9.51. The first-order valence-corrected chi connectivity index (χ1v) is 4.55. The fraction of sp³-hybridized carbons (Fsp3) is 0.455. The Kier molecular flexibility index (Phi) is 3.32. The lowest BCUT2D eigenvalue weighted by Gasteiger charge is -2.06. The van der Waals surface area contributed by atoms with Gasteiger partial charge in [0.25, 0.3) is 0 Å². The van der Waals surface area contributed by atoms with Crippen LogP contribution >= 0.6 is 0 Å². The van der Waals surface area contributed by atoms with Gasteiger partial charge in [-0.3, -0.25) is 0 Å². The molecule has 0 unspecified atom stereocenters. The van der Waals surface area contributed by atoms with Crippen molar-refractivity contribution in [3.63, 3.8) is 0 Å². The zero-order chi connectivity index (χ0) is 9.84. The summed E-state index contributed by atoms with van der Waals surface area (Å²) in [5.74, 6) is 0.382. The molecule has 1 rings (SSSR count). The number of phenolic OH excluding ortho intramolecular Hbond substituents is 1. The van der Waals surface area contributed by atoms with Gasteiger partial charge in [-0.2, -0.15) is 0 Å². The summed E-state index contributed by atoms with van der Waals surface area (Å²) in [5, 5.41) is 18.2. The fourth-order valence-corrected chi connectivity index (χ4v) is 1.47. The molecule has 0 saturated heterocycles. The van der Waals surface area contributed by atoms with Crippen molar-refractivity contribution >= 4 is 0 Å². The van der Waals surface area contributed by atoms with Crippen LogP contribution in [0, 0.1) is 13.8 Å². The Morgan fingerprint density at radius 2 is 1.69 bits per heavy atom. The molecule has 0 amide bonds. The van der Waals surface area contributed by atoms with E-state index < -0.39 is 0 Å². The van der Waals surface area contributed by atoms with Gasteiger partial charge in [-0.1, -0.05) is 12.1 Å². The van der Waals surface area contributed by atoms with Crippen molar-refractivity contribution < 1.29 is 10.2 Å². The number of aryl methyl sites for hydroxylation is 3. The van der Waals surface area contributed by atoms with Gasteiger partial charge < -0.3 is 10.2 Å². The summed E-state index contributed by atoms with van der Waals surface area (Å²) in [6, 6.07) is 3.94. The third-order valence-corrected chi connectivity index (χ3v) is 2.17. The van der Waals surface area contributed by atoms with Crippen LogP contribution in [0.1, 0.15) is 23.1 Å². The molecule has 0 spiro atoms. The van der Waals surface area contributed by atoms with E-state index in [0.717, 1.165) is 24.0 Å². The lowest BCUT2D eigenvalue weighted by atomic mass is 10.0. The summed E-state index contributed by atoms with van der Waals surface area (Å²) in [6.45, 7) is 4.01. The summed E-state index contributed by atoms with van der Waals surface area (Å²) in [5.41, 5.74) is 3.00. The molecule has 2 nitrogen and oxygen atoms in total. The number of aromatic hydroxyl groups is 1. The van der Waals surface area contributed by atoms with Crippen LogP contribution < -0.4 is 0 Å². The number of phenols is 1. The minimum Gasteiger partial charge on any atom is -0.507 e. The van der Waals surface area contributed by atoms with Crippen LogP contribution in [0.5, 0.6) is 5.75 Å². The Bertz CT molecular complexity index is 269. The lowest BCUT2D eigenvalue weighted by molar-refractivity contribution is 0.288. The summed E-state index contributed by atoms with van der Waals surface area (Å²) >= 11 is 0. The molecule has 0 radical (unpaired) electrons. The van der Waals surface area contributed by atoms with Gasteiger partial charge in [0.05, 0.1) is 0 Å². The molecule has 0 aliphatic heterocycles. The van der Waals surface area contributed by atoms with Crippen LogP contribution in [0.4, 0.5) is 0 Å². The van der Waals surface area contributed by atoms with Gasteiger partial charge in [0.1, 0.15) is 5.75 Å². The molecule has 0 fully saturated rings. The number of benzene rings is 1. The van der Waals surface area contributed by atoms with Crippen molar-refractivity contribution in [3.05, 3.63) is 28.8 Å². The minimum atomic E-state index is 0.221. The normalized spacial score (nSPS) is 10.4. The maximum Gasteiger partial charge on any atom is 0.121 e. The average Bonchev–Trinajstić information content (AvgIpc) is 2.10. The Morgan fingerprint density at radius 1 is 1.15 bits per heavy atom. The van der Waals surface area contributed by atoms with Crippen LogP contribution in [-0.4, -0.2) is 16.8 Å². The molecule has 1 aromatic carbocycles. The SMILES string of the molecule is Cc1cc(CCCO)cc(C)c1O. The second-order valence-electron chi connectivity index (χ2n) is 3.41. The molecule has 2 N–H and O–H groups in total. The van der Waals surface area contributed by atoms with Crippen LogP contribution in [0.2, 0.25) is 0 Å². The molecule has 0 aromatic heterocycles. The van der Waals surface area contributed by atoms with Crippen LogP contribution in [0.25, 0.3) is 0 Å². The molecule has 13 heavy (non-hydrogen) atoms. The van der Waals surface area contributed by atoms with Crippen molar-refractivity contribution in [1.82, 2.24) is 0 Å². The van der Waals surface area contributed by atoms with Crippen molar-refractivity contribution in [3.8, 4) is 5.75 Å². The van der Waals surface area contributed by atoms with Gasteiger partial charge in [-0.15, -0.1) is 0 Å². The van der Waals surface area contributed by atoms with E-state index in [1.54, 1.807) is 0 Å². The maximum absolute atomic E-state index is 9.51. The molecule has 0 aliphatic carbocycles. The van der Waals surface area contributed by atoms with Crippen molar-refractivity contribution in [2.24, 2.45) is 0 Å². The molecule has 0 atom stereocenters. The second-order valence-corrected chi connectivity index (χ2v) is 3.41. The highest BCUT2D eigenvalue weighted by atomic mass is 16.3. The fourth-order valence-electron chi connectivity index (χ4n) is 1.47. The predicted octanol–water partition coefficient (Wildman–Crippen LogP) is 1.93. The molecule has 0 heterocycles. The van der Waals surface area contributed by atoms with Gasteiger partial charge >= 0.3 is 0 Å². The molecule has 0 bridgehead atoms. The third-order valence-electron chi connectivity index (χ3n) is 2.17. The van der Waals surface area contributed by atoms with E-state index in [1.165, 1.54) is 5.56 Å². The first-order chi connectivity index (χ1) is 6.15. The first kappa shape index (κ1) is 10.1. The summed E-state index contributed by atoms with van der Waals surface area (Å²) < 4.78 is 0. The smallest absolute Gasteiger partial charge is 0.121 e. The van der Waals surface area contributed by atoms with E-state index in [2.05, 4.69) is 0 Å². The van der Waals surface area contributed by atoms with E-state index >= 15 is 0 Å². The van der Waals surface area contributed by atoms with Gasteiger partial charge in [0.2, 0.25) is 0 Å².